The Balaban J connectivity index is 2.14. The molecule has 0 aliphatic heterocycles. The first-order chi connectivity index (χ1) is 7.31. The second-order valence-electron chi connectivity index (χ2n) is 4.39. The molecular weight excluding hydrogens is 186 g/mol. The SMILES string of the molecule is CNC(c1cnc(C)cn1)C1CCCC1. The second-order valence-corrected chi connectivity index (χ2v) is 4.39. The quantitative estimate of drug-likeness (QED) is 0.822. The van der Waals surface area contributed by atoms with Gasteiger partial charge in [0.05, 0.1) is 23.6 Å². The lowest BCUT2D eigenvalue weighted by Crippen LogP contribution is -2.24. The van der Waals surface area contributed by atoms with Crippen molar-refractivity contribution in [2.24, 2.45) is 5.92 Å². The molecule has 1 heterocycles. The van der Waals surface area contributed by atoms with Crippen molar-refractivity contribution in [3.63, 3.8) is 0 Å². The molecule has 1 aromatic rings. The molecule has 1 unspecified atom stereocenters. The lowest BCUT2D eigenvalue weighted by Gasteiger charge is -2.21. The lowest BCUT2D eigenvalue weighted by atomic mass is 9.96. The Bertz CT molecular complexity index is 301. The molecule has 1 aromatic heterocycles. The van der Waals surface area contributed by atoms with Crippen LogP contribution in [0.25, 0.3) is 0 Å². The van der Waals surface area contributed by atoms with Crippen LogP contribution < -0.4 is 5.32 Å². The van der Waals surface area contributed by atoms with Crippen molar-refractivity contribution in [2.75, 3.05) is 7.05 Å². The summed E-state index contributed by atoms with van der Waals surface area (Å²) in [6, 6.07) is 0.389. The Kier molecular flexibility index (Phi) is 3.31. The monoisotopic (exact) mass is 205 g/mol. The van der Waals surface area contributed by atoms with E-state index >= 15 is 0 Å². The minimum Gasteiger partial charge on any atom is -0.311 e. The summed E-state index contributed by atoms with van der Waals surface area (Å²) in [6.07, 6.45) is 9.13. The summed E-state index contributed by atoms with van der Waals surface area (Å²) in [5, 5.41) is 3.38. The van der Waals surface area contributed by atoms with Crippen LogP contribution in [-0.4, -0.2) is 17.0 Å². The molecule has 1 atom stereocenters. The molecule has 15 heavy (non-hydrogen) atoms. The van der Waals surface area contributed by atoms with E-state index in [9.17, 15) is 0 Å². The van der Waals surface area contributed by atoms with Gasteiger partial charge in [-0.05, 0) is 32.7 Å². The van der Waals surface area contributed by atoms with E-state index in [1.165, 1.54) is 25.7 Å². The first-order valence-corrected chi connectivity index (χ1v) is 5.77. The molecule has 0 amide bonds. The molecule has 0 spiro atoms. The van der Waals surface area contributed by atoms with Crippen molar-refractivity contribution < 1.29 is 0 Å². The molecule has 3 heteroatoms. The van der Waals surface area contributed by atoms with Gasteiger partial charge in [-0.3, -0.25) is 9.97 Å². The largest absolute Gasteiger partial charge is 0.311 e. The van der Waals surface area contributed by atoms with Crippen molar-refractivity contribution in [3.8, 4) is 0 Å². The van der Waals surface area contributed by atoms with Crippen LogP contribution in [0.2, 0.25) is 0 Å². The third-order valence-corrected chi connectivity index (χ3v) is 3.30. The average molecular weight is 205 g/mol. The van der Waals surface area contributed by atoms with E-state index in [-0.39, 0.29) is 0 Å². The minimum atomic E-state index is 0.389. The summed E-state index contributed by atoms with van der Waals surface area (Å²) in [6.45, 7) is 1.97. The number of aryl methyl sites for hydroxylation is 1. The average Bonchev–Trinajstić information content (AvgIpc) is 2.75. The fourth-order valence-corrected chi connectivity index (χ4v) is 2.48. The maximum absolute atomic E-state index is 4.47. The van der Waals surface area contributed by atoms with E-state index in [0.717, 1.165) is 17.3 Å². The number of rotatable bonds is 3. The molecule has 3 nitrogen and oxygen atoms in total. The molecule has 0 saturated heterocycles. The van der Waals surface area contributed by atoms with E-state index < -0.39 is 0 Å². The van der Waals surface area contributed by atoms with E-state index in [4.69, 9.17) is 0 Å². The van der Waals surface area contributed by atoms with Crippen LogP contribution in [0.15, 0.2) is 12.4 Å². The van der Waals surface area contributed by atoms with Crippen LogP contribution >= 0.6 is 0 Å². The van der Waals surface area contributed by atoms with Crippen LogP contribution in [-0.2, 0) is 0 Å². The molecule has 1 fully saturated rings. The molecule has 1 aliphatic carbocycles. The summed E-state index contributed by atoms with van der Waals surface area (Å²) < 4.78 is 0. The number of hydrogen-bond donors (Lipinski definition) is 1. The third kappa shape index (κ3) is 2.34. The smallest absolute Gasteiger partial charge is 0.0759 e. The van der Waals surface area contributed by atoms with Crippen molar-refractivity contribution >= 4 is 0 Å². The maximum Gasteiger partial charge on any atom is 0.0759 e. The minimum absolute atomic E-state index is 0.389. The van der Waals surface area contributed by atoms with Gasteiger partial charge in [-0.25, -0.2) is 0 Å². The normalized spacial score (nSPS) is 19.3. The third-order valence-electron chi connectivity index (χ3n) is 3.30. The van der Waals surface area contributed by atoms with Crippen LogP contribution in [0.4, 0.5) is 0 Å². The van der Waals surface area contributed by atoms with Gasteiger partial charge in [0.2, 0.25) is 0 Å². The van der Waals surface area contributed by atoms with Crippen LogP contribution in [0, 0.1) is 12.8 Å². The summed E-state index contributed by atoms with van der Waals surface area (Å²) in [5.41, 5.74) is 2.08. The summed E-state index contributed by atoms with van der Waals surface area (Å²) in [4.78, 5) is 8.79. The molecular formula is C12H19N3. The van der Waals surface area contributed by atoms with E-state index in [1.807, 2.05) is 26.4 Å². The maximum atomic E-state index is 4.47. The predicted molar refractivity (Wildman–Crippen MR) is 60.5 cm³/mol. The van der Waals surface area contributed by atoms with Gasteiger partial charge in [0.25, 0.3) is 0 Å². The van der Waals surface area contributed by atoms with Crippen molar-refractivity contribution in [3.05, 3.63) is 23.8 Å². The summed E-state index contributed by atoms with van der Waals surface area (Å²) in [5.74, 6) is 0.743. The lowest BCUT2D eigenvalue weighted by molar-refractivity contribution is 0.382. The highest BCUT2D eigenvalue weighted by atomic mass is 14.9. The van der Waals surface area contributed by atoms with E-state index in [2.05, 4.69) is 15.3 Å². The van der Waals surface area contributed by atoms with Gasteiger partial charge in [-0.1, -0.05) is 12.8 Å². The van der Waals surface area contributed by atoms with Crippen LogP contribution in [0.3, 0.4) is 0 Å². The molecule has 0 radical (unpaired) electrons. The fraction of sp³-hybridized carbons (Fsp3) is 0.667. The van der Waals surface area contributed by atoms with Gasteiger partial charge in [0, 0.05) is 6.20 Å². The Morgan fingerprint density at radius 3 is 2.53 bits per heavy atom. The van der Waals surface area contributed by atoms with Gasteiger partial charge >= 0.3 is 0 Å². The number of aromatic nitrogens is 2. The standard InChI is InChI=1S/C12H19N3/c1-9-7-15-11(8-14-9)12(13-2)10-5-3-4-6-10/h7-8,10,12-13H,3-6H2,1-2H3. The van der Waals surface area contributed by atoms with Gasteiger partial charge in [-0.15, -0.1) is 0 Å². The van der Waals surface area contributed by atoms with Crippen molar-refractivity contribution in [1.82, 2.24) is 15.3 Å². The van der Waals surface area contributed by atoms with Gasteiger partial charge in [0.15, 0.2) is 0 Å². The molecule has 0 aromatic carbocycles. The number of nitrogens with one attached hydrogen (secondary N) is 1. The highest BCUT2D eigenvalue weighted by Gasteiger charge is 2.25. The zero-order valence-electron chi connectivity index (χ0n) is 9.53. The predicted octanol–water partition coefficient (Wildman–Crippen LogP) is 2.24. The first kappa shape index (κ1) is 10.6. The van der Waals surface area contributed by atoms with Crippen molar-refractivity contribution in [2.45, 2.75) is 38.6 Å². The summed E-state index contributed by atoms with van der Waals surface area (Å²) in [7, 11) is 2.02. The van der Waals surface area contributed by atoms with Crippen molar-refractivity contribution in [1.29, 1.82) is 0 Å². The molecule has 1 saturated carbocycles. The van der Waals surface area contributed by atoms with E-state index in [0.29, 0.717) is 6.04 Å². The van der Waals surface area contributed by atoms with Gasteiger partial charge in [0.1, 0.15) is 0 Å². The Morgan fingerprint density at radius 1 is 1.27 bits per heavy atom. The zero-order chi connectivity index (χ0) is 10.7. The summed E-state index contributed by atoms with van der Waals surface area (Å²) >= 11 is 0. The Morgan fingerprint density at radius 2 is 2.00 bits per heavy atom. The highest BCUT2D eigenvalue weighted by Crippen LogP contribution is 2.34. The molecule has 82 valence electrons. The molecule has 0 bridgehead atoms. The Hall–Kier alpha value is -0.960. The Labute approximate surface area is 91.3 Å². The van der Waals surface area contributed by atoms with Gasteiger partial charge < -0.3 is 5.32 Å². The van der Waals surface area contributed by atoms with E-state index in [1.54, 1.807) is 0 Å². The molecule has 2 rings (SSSR count). The topological polar surface area (TPSA) is 37.8 Å². The van der Waals surface area contributed by atoms with Crippen LogP contribution in [0.1, 0.15) is 43.1 Å². The first-order valence-electron chi connectivity index (χ1n) is 5.77. The zero-order valence-corrected chi connectivity index (χ0v) is 9.53. The van der Waals surface area contributed by atoms with Crippen LogP contribution in [0.5, 0.6) is 0 Å². The second kappa shape index (κ2) is 4.71. The molecule has 1 aliphatic rings. The number of nitrogens with zero attached hydrogens (tertiary/aromatic N) is 2. The molecule has 1 N–H and O–H groups in total. The number of hydrogen-bond acceptors (Lipinski definition) is 3. The highest BCUT2D eigenvalue weighted by molar-refractivity contribution is 5.07. The fourth-order valence-electron chi connectivity index (χ4n) is 2.48. The van der Waals surface area contributed by atoms with Gasteiger partial charge in [-0.2, -0.15) is 0 Å².